The van der Waals surface area contributed by atoms with Gasteiger partial charge >= 0.3 is 0 Å². The Kier molecular flexibility index (Phi) is 4.73. The predicted molar refractivity (Wildman–Crippen MR) is 82.5 cm³/mol. The van der Waals surface area contributed by atoms with Crippen LogP contribution in [0.3, 0.4) is 0 Å². The minimum atomic E-state index is -0.171. The van der Waals surface area contributed by atoms with E-state index in [1.54, 1.807) is 18.0 Å². The second-order valence-corrected chi connectivity index (χ2v) is 5.14. The molecule has 0 fully saturated rings. The first-order valence-electron chi connectivity index (χ1n) is 6.91. The Balaban J connectivity index is 2.07. The third-order valence-electron chi connectivity index (χ3n) is 3.52. The molecular formula is C18H18N2O. The second-order valence-electron chi connectivity index (χ2n) is 5.14. The Bertz CT molecular complexity index is 658. The molecule has 1 amide bonds. The van der Waals surface area contributed by atoms with Gasteiger partial charge in [-0.05, 0) is 30.2 Å². The topological polar surface area (TPSA) is 44.1 Å². The highest BCUT2D eigenvalue weighted by Gasteiger charge is 2.19. The van der Waals surface area contributed by atoms with Crippen LogP contribution in [0.5, 0.6) is 0 Å². The predicted octanol–water partition coefficient (Wildman–Crippen LogP) is 3.32. The van der Waals surface area contributed by atoms with Gasteiger partial charge in [0.15, 0.2) is 0 Å². The molecule has 0 bridgehead atoms. The summed E-state index contributed by atoms with van der Waals surface area (Å²) in [4.78, 5) is 14.2. The van der Waals surface area contributed by atoms with Crippen molar-refractivity contribution in [1.29, 1.82) is 5.26 Å². The van der Waals surface area contributed by atoms with Crippen molar-refractivity contribution in [2.24, 2.45) is 0 Å². The second kappa shape index (κ2) is 6.71. The van der Waals surface area contributed by atoms with Crippen LogP contribution in [-0.4, -0.2) is 17.9 Å². The molecule has 0 saturated heterocycles. The van der Waals surface area contributed by atoms with Crippen molar-refractivity contribution in [2.45, 2.75) is 19.4 Å². The number of amides is 1. The van der Waals surface area contributed by atoms with Crippen LogP contribution < -0.4 is 0 Å². The monoisotopic (exact) mass is 278 g/mol. The third kappa shape index (κ3) is 3.70. The Morgan fingerprint density at radius 3 is 2.57 bits per heavy atom. The van der Waals surface area contributed by atoms with E-state index < -0.39 is 0 Å². The lowest BCUT2D eigenvalue weighted by atomic mass is 10.00. The lowest BCUT2D eigenvalue weighted by Gasteiger charge is -2.22. The molecule has 106 valence electrons. The van der Waals surface area contributed by atoms with E-state index in [0.717, 1.165) is 11.1 Å². The van der Waals surface area contributed by atoms with Crippen molar-refractivity contribution in [3.8, 4) is 6.07 Å². The molecule has 0 aliphatic carbocycles. The fraction of sp³-hybridized carbons (Fsp3) is 0.222. The van der Waals surface area contributed by atoms with E-state index in [4.69, 9.17) is 5.26 Å². The molecule has 0 N–H and O–H groups in total. The summed E-state index contributed by atoms with van der Waals surface area (Å²) in [5, 5.41) is 8.91. The highest BCUT2D eigenvalue weighted by Crippen LogP contribution is 2.18. The first kappa shape index (κ1) is 14.8. The number of nitrogens with zero attached hydrogens (tertiary/aromatic N) is 2. The molecule has 0 radical (unpaired) electrons. The van der Waals surface area contributed by atoms with Crippen LogP contribution in [0.1, 0.15) is 29.5 Å². The molecule has 0 heterocycles. The summed E-state index contributed by atoms with van der Waals surface area (Å²) >= 11 is 0. The maximum Gasteiger partial charge on any atom is 0.229 e. The molecular weight excluding hydrogens is 260 g/mol. The van der Waals surface area contributed by atoms with Crippen LogP contribution in [0, 0.1) is 11.3 Å². The lowest BCUT2D eigenvalue weighted by Crippen LogP contribution is -2.30. The largest absolute Gasteiger partial charge is 0.341 e. The number of carbonyl (C=O) groups is 1. The minimum Gasteiger partial charge on any atom is -0.341 e. The Morgan fingerprint density at radius 1 is 1.19 bits per heavy atom. The molecule has 1 atom stereocenters. The van der Waals surface area contributed by atoms with Crippen molar-refractivity contribution in [3.63, 3.8) is 0 Å². The quantitative estimate of drug-likeness (QED) is 0.861. The summed E-state index contributed by atoms with van der Waals surface area (Å²) < 4.78 is 0. The lowest BCUT2D eigenvalue weighted by molar-refractivity contribution is -0.131. The molecule has 0 aromatic heterocycles. The fourth-order valence-electron chi connectivity index (χ4n) is 2.31. The molecule has 21 heavy (non-hydrogen) atoms. The highest BCUT2D eigenvalue weighted by atomic mass is 16.2. The Hall–Kier alpha value is -2.60. The van der Waals surface area contributed by atoms with E-state index in [1.807, 2.05) is 55.5 Å². The highest BCUT2D eigenvalue weighted by molar-refractivity contribution is 5.83. The maximum atomic E-state index is 12.5. The maximum absolute atomic E-state index is 12.5. The van der Waals surface area contributed by atoms with Crippen LogP contribution >= 0.6 is 0 Å². The zero-order valence-corrected chi connectivity index (χ0v) is 12.3. The number of likely N-dealkylation sites (N-methyl/N-ethyl adjacent to an activating group) is 1. The van der Waals surface area contributed by atoms with Crippen molar-refractivity contribution < 1.29 is 4.79 Å². The molecule has 2 rings (SSSR count). The molecule has 3 nitrogen and oxygen atoms in total. The van der Waals surface area contributed by atoms with Gasteiger partial charge in [0.1, 0.15) is 0 Å². The van der Waals surface area contributed by atoms with Gasteiger partial charge in [0.25, 0.3) is 0 Å². The summed E-state index contributed by atoms with van der Waals surface area (Å²) in [5.74, 6) is -0.0982. The molecule has 0 aliphatic heterocycles. The van der Waals surface area contributed by atoms with Crippen LogP contribution in [0.2, 0.25) is 0 Å². The first-order valence-corrected chi connectivity index (χ1v) is 6.91. The normalized spacial score (nSPS) is 11.5. The van der Waals surface area contributed by atoms with Crippen LogP contribution in [0.4, 0.5) is 0 Å². The molecule has 2 aromatic rings. The SMILES string of the molecule is CC(C(=O)N(C)Cc1cccc(C#N)c1)c1ccccc1. The molecule has 0 aliphatic rings. The first-order chi connectivity index (χ1) is 10.1. The summed E-state index contributed by atoms with van der Waals surface area (Å²) in [6, 6.07) is 19.2. The summed E-state index contributed by atoms with van der Waals surface area (Å²) in [5.41, 5.74) is 2.59. The van der Waals surface area contributed by atoms with Gasteiger partial charge in [-0.1, -0.05) is 42.5 Å². The average Bonchev–Trinajstić information content (AvgIpc) is 2.54. The molecule has 0 saturated carbocycles. The van der Waals surface area contributed by atoms with E-state index in [-0.39, 0.29) is 11.8 Å². The van der Waals surface area contributed by atoms with Crippen molar-refractivity contribution in [2.75, 3.05) is 7.05 Å². The van der Waals surface area contributed by atoms with Gasteiger partial charge in [0.05, 0.1) is 17.6 Å². The van der Waals surface area contributed by atoms with E-state index in [9.17, 15) is 4.79 Å². The zero-order valence-electron chi connectivity index (χ0n) is 12.3. The van der Waals surface area contributed by atoms with Gasteiger partial charge in [-0.3, -0.25) is 4.79 Å². The van der Waals surface area contributed by atoms with E-state index in [1.165, 1.54) is 0 Å². The van der Waals surface area contributed by atoms with Gasteiger partial charge in [-0.25, -0.2) is 0 Å². The van der Waals surface area contributed by atoms with Crippen molar-refractivity contribution >= 4 is 5.91 Å². The van der Waals surface area contributed by atoms with Gasteiger partial charge in [-0.2, -0.15) is 5.26 Å². The standard InChI is InChI=1S/C18H18N2O/c1-14(17-9-4-3-5-10-17)18(21)20(2)13-16-8-6-7-15(11-16)12-19/h3-11,14H,13H2,1-2H3. The van der Waals surface area contributed by atoms with Gasteiger partial charge in [0, 0.05) is 13.6 Å². The smallest absolute Gasteiger partial charge is 0.229 e. The average molecular weight is 278 g/mol. The summed E-state index contributed by atoms with van der Waals surface area (Å²) in [6.07, 6.45) is 0. The van der Waals surface area contributed by atoms with Crippen LogP contribution in [0.25, 0.3) is 0 Å². The zero-order chi connectivity index (χ0) is 15.2. The summed E-state index contributed by atoms with van der Waals surface area (Å²) in [7, 11) is 1.79. The van der Waals surface area contributed by atoms with E-state index >= 15 is 0 Å². The Morgan fingerprint density at radius 2 is 1.90 bits per heavy atom. The Labute approximate surface area is 125 Å². The third-order valence-corrected chi connectivity index (χ3v) is 3.52. The van der Waals surface area contributed by atoms with Crippen LogP contribution in [-0.2, 0) is 11.3 Å². The van der Waals surface area contributed by atoms with Crippen LogP contribution in [0.15, 0.2) is 54.6 Å². The molecule has 3 heteroatoms. The van der Waals surface area contributed by atoms with E-state index in [0.29, 0.717) is 12.1 Å². The number of hydrogen-bond donors (Lipinski definition) is 0. The number of benzene rings is 2. The molecule has 1 unspecified atom stereocenters. The van der Waals surface area contributed by atoms with Crippen molar-refractivity contribution in [3.05, 3.63) is 71.3 Å². The van der Waals surface area contributed by atoms with Crippen molar-refractivity contribution in [1.82, 2.24) is 4.90 Å². The van der Waals surface area contributed by atoms with Gasteiger partial charge in [-0.15, -0.1) is 0 Å². The number of hydrogen-bond acceptors (Lipinski definition) is 2. The number of nitriles is 1. The number of carbonyl (C=O) groups excluding carboxylic acids is 1. The van der Waals surface area contributed by atoms with Gasteiger partial charge in [0.2, 0.25) is 5.91 Å². The molecule has 2 aromatic carbocycles. The van der Waals surface area contributed by atoms with Gasteiger partial charge < -0.3 is 4.90 Å². The fourth-order valence-corrected chi connectivity index (χ4v) is 2.31. The number of rotatable bonds is 4. The van der Waals surface area contributed by atoms with E-state index in [2.05, 4.69) is 6.07 Å². The minimum absolute atomic E-state index is 0.0727. The summed E-state index contributed by atoms with van der Waals surface area (Å²) in [6.45, 7) is 2.42. The molecule has 0 spiro atoms.